The standard InChI is InChI=1S/C14H15F2NO/c1-18-13-7-6-10(12(17)8-14(15)16)9-4-2-3-5-11(9)13/h2-7,12,14H,8,17H2,1H3/t12-/m0/s1. The van der Waals surface area contributed by atoms with Crippen LogP contribution in [0.4, 0.5) is 8.78 Å². The maximum atomic E-state index is 12.4. The van der Waals surface area contributed by atoms with Gasteiger partial charge in [0.05, 0.1) is 7.11 Å². The fourth-order valence-corrected chi connectivity index (χ4v) is 2.11. The average Bonchev–Trinajstić information content (AvgIpc) is 2.36. The highest BCUT2D eigenvalue weighted by atomic mass is 19.3. The number of alkyl halides is 2. The molecule has 18 heavy (non-hydrogen) atoms. The molecule has 2 N–H and O–H groups in total. The number of fused-ring (bicyclic) bond motifs is 1. The number of nitrogens with two attached hydrogens (primary N) is 1. The molecule has 0 spiro atoms. The lowest BCUT2D eigenvalue weighted by Crippen LogP contribution is -2.14. The van der Waals surface area contributed by atoms with Crippen molar-refractivity contribution in [3.05, 3.63) is 42.0 Å². The third kappa shape index (κ3) is 2.43. The summed E-state index contributed by atoms with van der Waals surface area (Å²) < 4.78 is 30.1. The van der Waals surface area contributed by atoms with Crippen LogP contribution in [0.1, 0.15) is 18.0 Å². The topological polar surface area (TPSA) is 35.2 Å². The minimum absolute atomic E-state index is 0.337. The van der Waals surface area contributed by atoms with E-state index in [4.69, 9.17) is 10.5 Å². The van der Waals surface area contributed by atoms with E-state index in [0.717, 1.165) is 22.1 Å². The Hall–Kier alpha value is -1.68. The lowest BCUT2D eigenvalue weighted by molar-refractivity contribution is 0.128. The fourth-order valence-electron chi connectivity index (χ4n) is 2.11. The van der Waals surface area contributed by atoms with Crippen LogP contribution < -0.4 is 10.5 Å². The van der Waals surface area contributed by atoms with E-state index in [1.807, 2.05) is 24.3 Å². The van der Waals surface area contributed by atoms with Crippen molar-refractivity contribution in [1.82, 2.24) is 0 Å². The van der Waals surface area contributed by atoms with Crippen molar-refractivity contribution in [2.24, 2.45) is 5.73 Å². The predicted molar refractivity (Wildman–Crippen MR) is 68.0 cm³/mol. The van der Waals surface area contributed by atoms with Crippen molar-refractivity contribution >= 4 is 10.8 Å². The molecule has 0 saturated heterocycles. The molecule has 2 aromatic carbocycles. The zero-order valence-electron chi connectivity index (χ0n) is 10.1. The summed E-state index contributed by atoms with van der Waals surface area (Å²) in [5.41, 5.74) is 6.56. The fraction of sp³-hybridized carbons (Fsp3) is 0.286. The molecule has 4 heteroatoms. The summed E-state index contributed by atoms with van der Waals surface area (Å²) in [5.74, 6) is 0.721. The monoisotopic (exact) mass is 251 g/mol. The molecule has 0 fully saturated rings. The van der Waals surface area contributed by atoms with Gasteiger partial charge in [0.1, 0.15) is 5.75 Å². The van der Waals surface area contributed by atoms with E-state index >= 15 is 0 Å². The molecule has 0 amide bonds. The number of methoxy groups -OCH3 is 1. The maximum Gasteiger partial charge on any atom is 0.240 e. The highest BCUT2D eigenvalue weighted by Gasteiger charge is 2.16. The summed E-state index contributed by atoms with van der Waals surface area (Å²) in [6.45, 7) is 0. The van der Waals surface area contributed by atoms with Gasteiger partial charge in [-0.15, -0.1) is 0 Å². The van der Waals surface area contributed by atoms with Crippen molar-refractivity contribution < 1.29 is 13.5 Å². The van der Waals surface area contributed by atoms with Crippen LogP contribution in [0.25, 0.3) is 10.8 Å². The van der Waals surface area contributed by atoms with Crippen LogP contribution in [-0.2, 0) is 0 Å². The minimum Gasteiger partial charge on any atom is -0.496 e. The normalized spacial score (nSPS) is 12.9. The number of hydrogen-bond acceptors (Lipinski definition) is 2. The van der Waals surface area contributed by atoms with Gasteiger partial charge in [-0.25, -0.2) is 8.78 Å². The second-order valence-corrected chi connectivity index (χ2v) is 4.14. The second kappa shape index (κ2) is 5.31. The van der Waals surface area contributed by atoms with Crippen LogP contribution in [0.3, 0.4) is 0 Å². The van der Waals surface area contributed by atoms with Crippen molar-refractivity contribution in [2.75, 3.05) is 7.11 Å². The third-order valence-corrected chi connectivity index (χ3v) is 2.97. The zero-order valence-corrected chi connectivity index (χ0v) is 10.1. The Labute approximate surface area is 104 Å². The van der Waals surface area contributed by atoms with Crippen molar-refractivity contribution in [1.29, 1.82) is 0 Å². The number of hydrogen-bond donors (Lipinski definition) is 1. The summed E-state index contributed by atoms with van der Waals surface area (Å²) in [5, 5.41) is 1.76. The van der Waals surface area contributed by atoms with E-state index in [9.17, 15) is 8.78 Å². The minimum atomic E-state index is -2.40. The van der Waals surface area contributed by atoms with E-state index in [0.29, 0.717) is 0 Å². The second-order valence-electron chi connectivity index (χ2n) is 4.14. The molecular weight excluding hydrogens is 236 g/mol. The molecule has 0 saturated carbocycles. The number of halogens is 2. The van der Waals surface area contributed by atoms with Gasteiger partial charge in [-0.05, 0) is 17.0 Å². The largest absolute Gasteiger partial charge is 0.496 e. The van der Waals surface area contributed by atoms with Crippen molar-refractivity contribution in [2.45, 2.75) is 18.9 Å². The van der Waals surface area contributed by atoms with E-state index in [-0.39, 0.29) is 6.42 Å². The zero-order chi connectivity index (χ0) is 13.1. The van der Waals surface area contributed by atoms with Crippen LogP contribution in [0.15, 0.2) is 36.4 Å². The van der Waals surface area contributed by atoms with Crippen LogP contribution >= 0.6 is 0 Å². The molecule has 0 aliphatic carbocycles. The summed E-state index contributed by atoms with van der Waals surface area (Å²) in [4.78, 5) is 0. The summed E-state index contributed by atoms with van der Waals surface area (Å²) in [7, 11) is 1.58. The molecule has 2 aromatic rings. The van der Waals surface area contributed by atoms with Gasteiger partial charge in [0.15, 0.2) is 0 Å². The number of rotatable bonds is 4. The van der Waals surface area contributed by atoms with Crippen molar-refractivity contribution in [3.63, 3.8) is 0 Å². The van der Waals surface area contributed by atoms with Gasteiger partial charge < -0.3 is 10.5 Å². The molecule has 0 unspecified atom stereocenters. The first-order chi connectivity index (χ1) is 8.63. The van der Waals surface area contributed by atoms with Gasteiger partial charge in [-0.3, -0.25) is 0 Å². The summed E-state index contributed by atoms with van der Waals surface area (Å²) in [6, 6.07) is 10.4. The summed E-state index contributed by atoms with van der Waals surface area (Å²) >= 11 is 0. The van der Waals surface area contributed by atoms with Crippen LogP contribution in [0.2, 0.25) is 0 Å². The van der Waals surface area contributed by atoms with Gasteiger partial charge in [0, 0.05) is 17.8 Å². The molecule has 0 heterocycles. The first-order valence-corrected chi connectivity index (χ1v) is 5.73. The van der Waals surface area contributed by atoms with Crippen molar-refractivity contribution in [3.8, 4) is 5.75 Å². The Morgan fingerprint density at radius 2 is 1.78 bits per heavy atom. The van der Waals surface area contributed by atoms with Gasteiger partial charge >= 0.3 is 0 Å². The molecule has 0 radical (unpaired) electrons. The molecule has 96 valence electrons. The predicted octanol–water partition coefficient (Wildman–Crippen LogP) is 3.50. The Kier molecular flexibility index (Phi) is 3.77. The molecule has 2 nitrogen and oxygen atoms in total. The van der Waals surface area contributed by atoms with Crippen LogP contribution in [0, 0.1) is 0 Å². The number of ether oxygens (including phenoxy) is 1. The van der Waals surface area contributed by atoms with Crippen LogP contribution in [0.5, 0.6) is 5.75 Å². The Morgan fingerprint density at radius 1 is 1.11 bits per heavy atom. The quantitative estimate of drug-likeness (QED) is 0.902. The maximum absolute atomic E-state index is 12.4. The van der Waals surface area contributed by atoms with E-state index in [2.05, 4.69) is 0 Å². The van der Waals surface area contributed by atoms with E-state index in [1.165, 1.54) is 0 Å². The van der Waals surface area contributed by atoms with Crippen LogP contribution in [-0.4, -0.2) is 13.5 Å². The first-order valence-electron chi connectivity index (χ1n) is 5.73. The Balaban J connectivity index is 2.52. The highest BCUT2D eigenvalue weighted by molar-refractivity contribution is 5.91. The molecule has 0 aliphatic rings. The van der Waals surface area contributed by atoms with Gasteiger partial charge in [-0.2, -0.15) is 0 Å². The SMILES string of the molecule is COc1ccc([C@@H](N)CC(F)F)c2ccccc12. The molecule has 2 rings (SSSR count). The lowest BCUT2D eigenvalue weighted by atomic mass is 9.97. The number of benzene rings is 2. The molecule has 1 atom stereocenters. The van der Waals surface area contributed by atoms with Gasteiger partial charge in [0.2, 0.25) is 6.43 Å². The van der Waals surface area contributed by atoms with Gasteiger partial charge in [-0.1, -0.05) is 30.3 Å². The summed E-state index contributed by atoms with van der Waals surface area (Å²) in [6.07, 6.45) is -2.74. The molecular formula is C14H15F2NO. The average molecular weight is 251 g/mol. The smallest absolute Gasteiger partial charge is 0.240 e. The molecule has 0 aromatic heterocycles. The lowest BCUT2D eigenvalue weighted by Gasteiger charge is -2.16. The Bertz CT molecular complexity index is 542. The highest BCUT2D eigenvalue weighted by Crippen LogP contribution is 2.32. The van der Waals surface area contributed by atoms with E-state index < -0.39 is 12.5 Å². The third-order valence-electron chi connectivity index (χ3n) is 2.97. The van der Waals surface area contributed by atoms with Gasteiger partial charge in [0.25, 0.3) is 0 Å². The van der Waals surface area contributed by atoms with E-state index in [1.54, 1.807) is 19.2 Å². The Morgan fingerprint density at radius 3 is 2.39 bits per heavy atom. The first kappa shape index (κ1) is 12.8. The molecule has 0 aliphatic heterocycles. The molecule has 0 bridgehead atoms.